The molecule has 4 N–H and O–H groups in total. The van der Waals surface area contributed by atoms with Gasteiger partial charge in [-0.3, -0.25) is 5.73 Å². The van der Waals surface area contributed by atoms with Crippen molar-refractivity contribution < 1.29 is 0 Å². The van der Waals surface area contributed by atoms with Crippen molar-refractivity contribution in [3.8, 4) is 0 Å². The zero-order valence-corrected chi connectivity index (χ0v) is 5.50. The molecule has 0 aliphatic rings. The Morgan fingerprint density at radius 2 is 1.71 bits per heavy atom. The summed E-state index contributed by atoms with van der Waals surface area (Å²) in [6.45, 7) is 1.64. The van der Waals surface area contributed by atoms with Crippen molar-refractivity contribution in [1.29, 1.82) is 0 Å². The molecule has 0 amide bonds. The van der Waals surface area contributed by atoms with Gasteiger partial charge in [-0.15, -0.1) is 0 Å². The summed E-state index contributed by atoms with van der Waals surface area (Å²) in [4.78, 5) is 0. The van der Waals surface area contributed by atoms with Crippen LogP contribution in [0.3, 0.4) is 0 Å². The molecule has 4 heteroatoms. The van der Waals surface area contributed by atoms with Crippen LogP contribution in [0.25, 0.3) is 0 Å². The lowest BCUT2D eigenvalue weighted by molar-refractivity contribution is 0.648. The van der Waals surface area contributed by atoms with Crippen LogP contribution in [0.2, 0.25) is 0 Å². The van der Waals surface area contributed by atoms with E-state index in [0.717, 1.165) is 0 Å². The first-order chi connectivity index (χ1) is 2.94. The largest absolute Gasteiger partial charge is 0.324 e. The van der Waals surface area contributed by atoms with E-state index in [2.05, 4.69) is 0 Å². The van der Waals surface area contributed by atoms with Crippen molar-refractivity contribution in [3.05, 3.63) is 0 Å². The normalized spacial score (nSPS) is 16.7. The van der Waals surface area contributed by atoms with E-state index in [9.17, 15) is 0 Å². The highest BCUT2D eigenvalue weighted by molar-refractivity contribution is 6.48. The van der Waals surface area contributed by atoms with Crippen LogP contribution in [0.1, 0.15) is 6.92 Å². The van der Waals surface area contributed by atoms with Gasteiger partial charge in [0.15, 0.2) is 4.46 Å². The Kier molecular flexibility index (Phi) is 2.33. The first kappa shape index (κ1) is 7.50. The lowest BCUT2D eigenvalue weighted by Gasteiger charge is -2.16. The standard InChI is InChI=1S/C3H8Cl2N2/c1-2(6)3(4,5)7/h2H,6-7H2,1H3. The molecule has 0 aromatic heterocycles. The van der Waals surface area contributed by atoms with Crippen LogP contribution >= 0.6 is 23.2 Å². The Bertz CT molecular complexity index is 56.4. The Balaban J connectivity index is 3.54. The van der Waals surface area contributed by atoms with Crippen molar-refractivity contribution in [2.45, 2.75) is 17.4 Å². The summed E-state index contributed by atoms with van der Waals surface area (Å²) in [6, 6.07) is -0.393. The Hall–Kier alpha value is 0.500. The second-order valence-corrected chi connectivity index (χ2v) is 2.91. The molecule has 0 aliphatic carbocycles. The molecule has 0 aromatic carbocycles. The number of alkyl halides is 2. The van der Waals surface area contributed by atoms with Gasteiger partial charge in [-0.1, -0.05) is 23.2 Å². The first-order valence-electron chi connectivity index (χ1n) is 1.87. The molecule has 44 valence electrons. The zero-order valence-electron chi connectivity index (χ0n) is 3.99. The van der Waals surface area contributed by atoms with Gasteiger partial charge in [-0.05, 0) is 6.92 Å². The molecule has 1 atom stereocenters. The minimum Gasteiger partial charge on any atom is -0.324 e. The number of hydrogen-bond donors (Lipinski definition) is 2. The van der Waals surface area contributed by atoms with Crippen molar-refractivity contribution >= 4 is 23.2 Å². The number of nitrogens with two attached hydrogens (primary N) is 2. The number of rotatable bonds is 1. The van der Waals surface area contributed by atoms with E-state index in [1.807, 2.05) is 0 Å². The maximum atomic E-state index is 5.29. The number of halogens is 2. The van der Waals surface area contributed by atoms with Gasteiger partial charge in [0.2, 0.25) is 0 Å². The molecule has 0 radical (unpaired) electrons. The third-order valence-electron chi connectivity index (χ3n) is 0.607. The topological polar surface area (TPSA) is 52.0 Å². The van der Waals surface area contributed by atoms with Crippen LogP contribution in [-0.4, -0.2) is 10.5 Å². The van der Waals surface area contributed by atoms with Crippen LogP contribution in [0.15, 0.2) is 0 Å². The summed E-state index contributed by atoms with van der Waals surface area (Å²) < 4.78 is -1.28. The predicted octanol–water partition coefficient (Wildman–Crippen LogP) is 0.424. The predicted molar refractivity (Wildman–Crippen MR) is 32.3 cm³/mol. The fraction of sp³-hybridized carbons (Fsp3) is 1.00. The SMILES string of the molecule is CC(N)C(N)(Cl)Cl. The molecule has 0 fully saturated rings. The highest BCUT2D eigenvalue weighted by Crippen LogP contribution is 2.14. The van der Waals surface area contributed by atoms with Gasteiger partial charge in [0, 0.05) is 6.04 Å². The van der Waals surface area contributed by atoms with Gasteiger partial charge in [0.1, 0.15) is 0 Å². The van der Waals surface area contributed by atoms with Gasteiger partial charge >= 0.3 is 0 Å². The molecule has 0 saturated heterocycles. The van der Waals surface area contributed by atoms with Crippen molar-refractivity contribution in [2.75, 3.05) is 0 Å². The molecule has 0 aromatic rings. The van der Waals surface area contributed by atoms with Gasteiger partial charge < -0.3 is 5.73 Å². The molecule has 0 saturated carbocycles. The van der Waals surface area contributed by atoms with E-state index in [4.69, 9.17) is 34.7 Å². The zero-order chi connectivity index (χ0) is 6.08. The highest BCUT2D eigenvalue weighted by atomic mass is 35.5. The molecule has 0 bridgehead atoms. The quantitative estimate of drug-likeness (QED) is 0.413. The molecule has 0 aliphatic heterocycles. The molecule has 0 rings (SSSR count). The van der Waals surface area contributed by atoms with Crippen LogP contribution in [0.4, 0.5) is 0 Å². The average Bonchev–Trinajstić information content (AvgIpc) is 1.31. The second-order valence-electron chi connectivity index (χ2n) is 1.46. The van der Waals surface area contributed by atoms with Gasteiger partial charge in [0.05, 0.1) is 0 Å². The molecule has 0 spiro atoms. The molecule has 1 unspecified atom stereocenters. The van der Waals surface area contributed by atoms with Crippen LogP contribution in [0.5, 0.6) is 0 Å². The average molecular weight is 143 g/mol. The molecule has 7 heavy (non-hydrogen) atoms. The van der Waals surface area contributed by atoms with Gasteiger partial charge in [-0.25, -0.2) is 0 Å². The maximum absolute atomic E-state index is 5.29. The smallest absolute Gasteiger partial charge is 0.181 e. The third kappa shape index (κ3) is 3.12. The second kappa shape index (κ2) is 2.18. The van der Waals surface area contributed by atoms with Crippen LogP contribution in [-0.2, 0) is 0 Å². The fourth-order valence-electron chi connectivity index (χ4n) is 0. The fourth-order valence-corrected chi connectivity index (χ4v) is 0. The van der Waals surface area contributed by atoms with Gasteiger partial charge in [-0.2, -0.15) is 0 Å². The Labute approximate surface area is 52.8 Å². The van der Waals surface area contributed by atoms with E-state index in [0.29, 0.717) is 0 Å². The van der Waals surface area contributed by atoms with E-state index in [1.54, 1.807) is 6.92 Å². The first-order valence-corrected chi connectivity index (χ1v) is 2.62. The lowest BCUT2D eigenvalue weighted by Crippen LogP contribution is -2.43. The minimum atomic E-state index is -1.28. The van der Waals surface area contributed by atoms with E-state index in [1.165, 1.54) is 0 Å². The highest BCUT2D eigenvalue weighted by Gasteiger charge is 2.21. The summed E-state index contributed by atoms with van der Waals surface area (Å²) in [5, 5.41) is 0. The third-order valence-corrected chi connectivity index (χ3v) is 1.30. The molecule has 0 heterocycles. The lowest BCUT2D eigenvalue weighted by atomic mass is 10.4. The van der Waals surface area contributed by atoms with Gasteiger partial charge in [0.25, 0.3) is 0 Å². The summed E-state index contributed by atoms with van der Waals surface area (Å²) in [5.41, 5.74) is 10.3. The van der Waals surface area contributed by atoms with Crippen LogP contribution < -0.4 is 11.5 Å². The monoisotopic (exact) mass is 142 g/mol. The Morgan fingerprint density at radius 3 is 1.71 bits per heavy atom. The Morgan fingerprint density at radius 1 is 1.57 bits per heavy atom. The maximum Gasteiger partial charge on any atom is 0.181 e. The summed E-state index contributed by atoms with van der Waals surface area (Å²) >= 11 is 10.6. The van der Waals surface area contributed by atoms with E-state index in [-0.39, 0.29) is 0 Å². The van der Waals surface area contributed by atoms with E-state index < -0.39 is 10.5 Å². The van der Waals surface area contributed by atoms with Crippen molar-refractivity contribution in [1.82, 2.24) is 0 Å². The summed E-state index contributed by atoms with van der Waals surface area (Å²) in [6.07, 6.45) is 0. The van der Waals surface area contributed by atoms with Crippen LogP contribution in [0, 0.1) is 0 Å². The summed E-state index contributed by atoms with van der Waals surface area (Å²) in [5.74, 6) is 0. The number of hydrogen-bond acceptors (Lipinski definition) is 2. The van der Waals surface area contributed by atoms with E-state index >= 15 is 0 Å². The van der Waals surface area contributed by atoms with Crippen molar-refractivity contribution in [3.63, 3.8) is 0 Å². The molecule has 2 nitrogen and oxygen atoms in total. The van der Waals surface area contributed by atoms with Crippen molar-refractivity contribution in [2.24, 2.45) is 11.5 Å². The molecular formula is C3H8Cl2N2. The summed E-state index contributed by atoms with van der Waals surface area (Å²) in [7, 11) is 0. The minimum absolute atomic E-state index is 0.393. The molecular weight excluding hydrogens is 135 g/mol.